The van der Waals surface area contributed by atoms with E-state index in [4.69, 9.17) is 18.9 Å². The van der Waals surface area contributed by atoms with E-state index in [1.807, 2.05) is 0 Å². The molecule has 4 atom stereocenters. The zero-order valence-electron chi connectivity index (χ0n) is 17.1. The van der Waals surface area contributed by atoms with E-state index in [2.05, 4.69) is 86.7 Å². The molecule has 26 heavy (non-hydrogen) atoms. The lowest BCUT2D eigenvalue weighted by molar-refractivity contribution is -0.215. The van der Waals surface area contributed by atoms with Crippen LogP contribution in [0.5, 0.6) is 0 Å². The van der Waals surface area contributed by atoms with Crippen LogP contribution in [0.25, 0.3) is 0 Å². The van der Waals surface area contributed by atoms with Gasteiger partial charge in [-0.3, -0.25) is 0 Å². The molecule has 4 unspecified atom stereocenters. The third-order valence-electron chi connectivity index (χ3n) is 5.78. The van der Waals surface area contributed by atoms with Gasteiger partial charge in [0.1, 0.15) is 23.4 Å². The minimum absolute atomic E-state index is 0.0421. The van der Waals surface area contributed by atoms with Gasteiger partial charge in [0.15, 0.2) is 0 Å². The van der Waals surface area contributed by atoms with E-state index in [1.165, 1.54) is 18.3 Å². The van der Waals surface area contributed by atoms with Gasteiger partial charge in [0, 0.05) is 21.4 Å². The van der Waals surface area contributed by atoms with Crippen molar-refractivity contribution in [2.75, 3.05) is 27.4 Å². The maximum atomic E-state index is 6.86. The summed E-state index contributed by atoms with van der Waals surface area (Å²) in [6, 6.07) is 0. The Morgan fingerprint density at radius 2 is 1.12 bits per heavy atom. The molecule has 0 spiro atoms. The van der Waals surface area contributed by atoms with Gasteiger partial charge in [-0.05, 0) is 82.0 Å². The molecule has 150 valence electrons. The van der Waals surface area contributed by atoms with Crippen LogP contribution in [0, 0.1) is 11.8 Å². The highest BCUT2D eigenvalue weighted by molar-refractivity contribution is 14.1. The zero-order valence-corrected chi connectivity index (χ0v) is 21.4. The molecule has 2 rings (SSSR count). The van der Waals surface area contributed by atoms with Crippen molar-refractivity contribution in [3.63, 3.8) is 0 Å². The van der Waals surface area contributed by atoms with Crippen LogP contribution in [0.2, 0.25) is 0 Å². The molecule has 0 radical (unpaired) electrons. The van der Waals surface area contributed by atoms with Gasteiger partial charge in [-0.15, -0.1) is 0 Å². The highest BCUT2D eigenvalue weighted by Gasteiger charge is 2.67. The summed E-state index contributed by atoms with van der Waals surface area (Å²) in [5.74, 6) is 0.486. The smallest absolute Gasteiger partial charge is 0.136 e. The van der Waals surface area contributed by atoms with Gasteiger partial charge in [-0.1, -0.05) is 27.7 Å². The lowest BCUT2D eigenvalue weighted by atomic mass is 9.69. The van der Waals surface area contributed by atoms with Crippen LogP contribution in [0.3, 0.4) is 0 Å². The summed E-state index contributed by atoms with van der Waals surface area (Å²) in [5, 5.41) is 0. The minimum atomic E-state index is -0.532. The predicted molar refractivity (Wildman–Crippen MR) is 122 cm³/mol. The molecular weight excluding hydrogens is 558 g/mol. The SMILES string of the molecule is COCC1OC(C(C)C)(C2(C(C)C)OC(COC)C(C)=C2I)C(I)=C1C. The van der Waals surface area contributed by atoms with Gasteiger partial charge in [0.2, 0.25) is 0 Å². The third kappa shape index (κ3) is 3.24. The predicted octanol–water partition coefficient (Wildman–Crippen LogP) is 5.28. The zero-order chi connectivity index (χ0) is 19.9. The summed E-state index contributed by atoms with van der Waals surface area (Å²) in [5.41, 5.74) is 1.44. The average molecular weight is 590 g/mol. The standard InChI is InChI=1S/C20H32I2O4/c1-11(2)19(17(21)13(5)15(25-19)9-23-7)20(12(3)4)18(22)14(6)16(26-20)10-24-8/h11-12,15-16H,9-10H2,1-8H3. The molecule has 0 bridgehead atoms. The minimum Gasteiger partial charge on any atom is -0.382 e. The number of halogens is 2. The first-order valence-electron chi connectivity index (χ1n) is 9.18. The molecule has 0 saturated carbocycles. The van der Waals surface area contributed by atoms with Crippen molar-refractivity contribution in [3.8, 4) is 0 Å². The molecule has 0 aromatic rings. The van der Waals surface area contributed by atoms with Crippen molar-refractivity contribution >= 4 is 45.2 Å². The van der Waals surface area contributed by atoms with Gasteiger partial charge in [0.25, 0.3) is 0 Å². The molecule has 2 heterocycles. The van der Waals surface area contributed by atoms with E-state index in [1.54, 1.807) is 14.2 Å². The van der Waals surface area contributed by atoms with Gasteiger partial charge in [-0.25, -0.2) is 0 Å². The second kappa shape index (κ2) is 8.65. The molecule has 0 saturated heterocycles. The number of methoxy groups -OCH3 is 2. The average Bonchev–Trinajstić information content (AvgIpc) is 2.98. The highest BCUT2D eigenvalue weighted by Crippen LogP contribution is 2.61. The second-order valence-electron chi connectivity index (χ2n) is 7.90. The highest BCUT2D eigenvalue weighted by atomic mass is 127. The Balaban J connectivity index is 2.68. The van der Waals surface area contributed by atoms with Crippen LogP contribution in [-0.2, 0) is 18.9 Å². The lowest BCUT2D eigenvalue weighted by Gasteiger charge is -2.51. The second-order valence-corrected chi connectivity index (χ2v) is 10.1. The topological polar surface area (TPSA) is 36.9 Å². The van der Waals surface area contributed by atoms with Crippen molar-refractivity contribution in [2.24, 2.45) is 11.8 Å². The largest absolute Gasteiger partial charge is 0.382 e. The molecular formula is C20H32I2O4. The molecule has 0 aromatic heterocycles. The Morgan fingerprint density at radius 1 is 0.808 bits per heavy atom. The lowest BCUT2D eigenvalue weighted by Crippen LogP contribution is -2.62. The van der Waals surface area contributed by atoms with Crippen LogP contribution < -0.4 is 0 Å². The van der Waals surface area contributed by atoms with Crippen molar-refractivity contribution in [1.29, 1.82) is 0 Å². The van der Waals surface area contributed by atoms with E-state index >= 15 is 0 Å². The van der Waals surface area contributed by atoms with E-state index in [0.717, 1.165) is 0 Å². The van der Waals surface area contributed by atoms with E-state index in [9.17, 15) is 0 Å². The molecule has 0 N–H and O–H groups in total. The molecule has 0 amide bonds. The van der Waals surface area contributed by atoms with E-state index in [-0.39, 0.29) is 24.0 Å². The normalized spacial score (nSPS) is 35.5. The van der Waals surface area contributed by atoms with Crippen molar-refractivity contribution in [3.05, 3.63) is 18.3 Å². The number of hydrogen-bond donors (Lipinski definition) is 0. The van der Waals surface area contributed by atoms with E-state index < -0.39 is 11.2 Å². The number of rotatable bonds is 7. The quantitative estimate of drug-likeness (QED) is 0.379. The summed E-state index contributed by atoms with van der Waals surface area (Å²) in [6.45, 7) is 14.4. The molecule has 0 aliphatic carbocycles. The Labute approximate surface area is 185 Å². The Hall–Kier alpha value is 0.780. The van der Waals surface area contributed by atoms with Crippen LogP contribution >= 0.6 is 45.2 Å². The summed E-state index contributed by atoms with van der Waals surface area (Å²) in [7, 11) is 3.46. The first-order valence-corrected chi connectivity index (χ1v) is 11.3. The van der Waals surface area contributed by atoms with Gasteiger partial charge < -0.3 is 18.9 Å². The first kappa shape index (κ1) is 23.1. The molecule has 2 aliphatic heterocycles. The van der Waals surface area contributed by atoms with Crippen LogP contribution in [-0.4, -0.2) is 50.8 Å². The first-order chi connectivity index (χ1) is 12.1. The van der Waals surface area contributed by atoms with Crippen molar-refractivity contribution < 1.29 is 18.9 Å². The van der Waals surface area contributed by atoms with Crippen molar-refractivity contribution in [2.45, 2.75) is 65.0 Å². The Bertz CT molecular complexity index is 547. The third-order valence-corrected chi connectivity index (χ3v) is 9.08. The fraction of sp³-hybridized carbons (Fsp3) is 0.800. The summed E-state index contributed by atoms with van der Waals surface area (Å²) in [6.07, 6.45) is -0.0842. The molecule has 2 aliphatic rings. The maximum absolute atomic E-state index is 6.86. The summed E-state index contributed by atoms with van der Waals surface area (Å²) in [4.78, 5) is 0. The summed E-state index contributed by atoms with van der Waals surface area (Å²) < 4.78 is 27.1. The number of hydrogen-bond acceptors (Lipinski definition) is 4. The Morgan fingerprint density at radius 3 is 1.35 bits per heavy atom. The van der Waals surface area contributed by atoms with Gasteiger partial charge >= 0.3 is 0 Å². The maximum Gasteiger partial charge on any atom is 0.136 e. The Kier molecular flexibility index (Phi) is 7.67. The fourth-order valence-corrected chi connectivity index (χ4v) is 7.35. The molecule has 4 nitrogen and oxygen atoms in total. The molecule has 0 aromatic carbocycles. The fourth-order valence-electron chi connectivity index (χ4n) is 4.36. The molecule has 6 heteroatoms. The number of ether oxygens (including phenoxy) is 4. The summed E-state index contributed by atoms with van der Waals surface area (Å²) >= 11 is 4.97. The van der Waals surface area contributed by atoms with Gasteiger partial charge in [0.05, 0.1) is 13.2 Å². The van der Waals surface area contributed by atoms with E-state index in [0.29, 0.717) is 13.2 Å². The monoisotopic (exact) mass is 590 g/mol. The van der Waals surface area contributed by atoms with Gasteiger partial charge in [-0.2, -0.15) is 0 Å². The van der Waals surface area contributed by atoms with Crippen LogP contribution in [0.1, 0.15) is 41.5 Å². The molecule has 0 fully saturated rings. The van der Waals surface area contributed by atoms with Crippen LogP contribution in [0.15, 0.2) is 18.3 Å². The van der Waals surface area contributed by atoms with Crippen molar-refractivity contribution in [1.82, 2.24) is 0 Å². The van der Waals surface area contributed by atoms with Crippen LogP contribution in [0.4, 0.5) is 0 Å².